The molecule has 2 nitrogen and oxygen atoms in total. The predicted octanol–water partition coefficient (Wildman–Crippen LogP) is 3.65. The molecule has 0 aliphatic heterocycles. The molecule has 0 unspecified atom stereocenters. The largest absolute Gasteiger partial charge is 0.307 e. The fourth-order valence-electron chi connectivity index (χ4n) is 1.77. The van der Waals surface area contributed by atoms with Gasteiger partial charge in [-0.2, -0.15) is 0 Å². The van der Waals surface area contributed by atoms with Crippen LogP contribution >= 0.6 is 22.6 Å². The molecule has 0 aliphatic carbocycles. The molecule has 2 aromatic rings. The van der Waals surface area contributed by atoms with Gasteiger partial charge in [0, 0.05) is 5.69 Å². The average Bonchev–Trinajstić information content (AvgIpc) is 2.46. The van der Waals surface area contributed by atoms with Crippen molar-refractivity contribution in [1.29, 1.82) is 0 Å². The maximum Gasteiger partial charge on any atom is 0.237 e. The molecular formula is C15H14INO. The molecule has 0 bridgehead atoms. The van der Waals surface area contributed by atoms with Gasteiger partial charge in [-0.3, -0.25) is 4.79 Å². The molecule has 0 spiro atoms. The van der Waals surface area contributed by atoms with Gasteiger partial charge in [-0.15, -0.1) is 0 Å². The smallest absolute Gasteiger partial charge is 0.237 e. The molecule has 2 aromatic carbocycles. The third-order valence-electron chi connectivity index (χ3n) is 2.67. The zero-order valence-corrected chi connectivity index (χ0v) is 12.1. The number of benzene rings is 2. The molecule has 1 amide bonds. The number of hydrogen-bond acceptors (Lipinski definition) is 1. The van der Waals surface area contributed by atoms with Gasteiger partial charge in [0.2, 0.25) is 5.91 Å². The highest BCUT2D eigenvalue weighted by Gasteiger charge is 2.14. The van der Waals surface area contributed by atoms with Gasteiger partial charge in [-0.05, 0) is 17.7 Å². The number of para-hydroxylation sites is 1. The Morgan fingerprint density at radius 1 is 0.944 bits per heavy atom. The van der Waals surface area contributed by atoms with Crippen LogP contribution < -0.4 is 4.90 Å². The summed E-state index contributed by atoms with van der Waals surface area (Å²) in [6.07, 6.45) is 0. The first-order valence-electron chi connectivity index (χ1n) is 5.76. The normalized spacial score (nSPS) is 10.1. The van der Waals surface area contributed by atoms with E-state index in [9.17, 15) is 4.79 Å². The number of hydrogen-bond donors (Lipinski definition) is 0. The Morgan fingerprint density at radius 2 is 1.50 bits per heavy atom. The standard InChI is InChI=1S/C15H14INO/c16-11-15(18)17(14-9-5-2-6-10-14)12-13-7-3-1-4-8-13/h1-10H,11-12H2. The van der Waals surface area contributed by atoms with E-state index in [1.807, 2.05) is 65.6 Å². The third kappa shape index (κ3) is 3.32. The molecule has 0 heterocycles. The van der Waals surface area contributed by atoms with Crippen molar-refractivity contribution >= 4 is 34.2 Å². The fraction of sp³-hybridized carbons (Fsp3) is 0.133. The van der Waals surface area contributed by atoms with Gasteiger partial charge in [-0.25, -0.2) is 0 Å². The molecule has 0 fully saturated rings. The lowest BCUT2D eigenvalue weighted by atomic mass is 10.2. The van der Waals surface area contributed by atoms with Crippen LogP contribution in [0.15, 0.2) is 60.7 Å². The van der Waals surface area contributed by atoms with E-state index in [0.717, 1.165) is 11.3 Å². The Labute approximate surface area is 121 Å². The summed E-state index contributed by atoms with van der Waals surface area (Å²) in [5, 5.41) is 0. The van der Waals surface area contributed by atoms with Crippen LogP contribution in [-0.4, -0.2) is 10.3 Å². The number of carbonyl (C=O) groups is 1. The van der Waals surface area contributed by atoms with E-state index in [2.05, 4.69) is 22.6 Å². The van der Waals surface area contributed by atoms with Gasteiger partial charge in [0.1, 0.15) is 0 Å². The molecule has 0 radical (unpaired) electrons. The summed E-state index contributed by atoms with van der Waals surface area (Å²) in [6, 6.07) is 19.8. The second-order valence-electron chi connectivity index (χ2n) is 3.93. The minimum absolute atomic E-state index is 0.130. The SMILES string of the molecule is O=C(CI)N(Cc1ccccc1)c1ccccc1. The minimum atomic E-state index is 0.130. The highest BCUT2D eigenvalue weighted by molar-refractivity contribution is 14.1. The molecule has 0 saturated carbocycles. The van der Waals surface area contributed by atoms with Crippen molar-refractivity contribution in [2.75, 3.05) is 9.33 Å². The number of anilines is 1. The maximum atomic E-state index is 12.0. The van der Waals surface area contributed by atoms with Crippen molar-refractivity contribution in [3.63, 3.8) is 0 Å². The van der Waals surface area contributed by atoms with Crippen molar-refractivity contribution < 1.29 is 4.79 Å². The van der Waals surface area contributed by atoms with E-state index in [1.165, 1.54) is 0 Å². The van der Waals surface area contributed by atoms with Gasteiger partial charge in [0.15, 0.2) is 0 Å². The predicted molar refractivity (Wildman–Crippen MR) is 83.0 cm³/mol. The monoisotopic (exact) mass is 351 g/mol. The van der Waals surface area contributed by atoms with Crippen molar-refractivity contribution in [2.45, 2.75) is 6.54 Å². The molecule has 18 heavy (non-hydrogen) atoms. The van der Waals surface area contributed by atoms with E-state index in [0.29, 0.717) is 11.0 Å². The van der Waals surface area contributed by atoms with E-state index >= 15 is 0 Å². The Balaban J connectivity index is 2.24. The van der Waals surface area contributed by atoms with Gasteiger partial charge >= 0.3 is 0 Å². The Kier molecular flexibility index (Phi) is 4.75. The van der Waals surface area contributed by atoms with Crippen LogP contribution in [0.3, 0.4) is 0 Å². The Hall–Kier alpha value is -1.36. The van der Waals surface area contributed by atoms with Crippen LogP contribution in [0, 0.1) is 0 Å². The molecule has 92 valence electrons. The Bertz CT molecular complexity index is 498. The number of rotatable bonds is 4. The number of nitrogens with zero attached hydrogens (tertiary/aromatic N) is 1. The van der Waals surface area contributed by atoms with Crippen LogP contribution in [-0.2, 0) is 11.3 Å². The highest BCUT2D eigenvalue weighted by Crippen LogP contribution is 2.17. The quantitative estimate of drug-likeness (QED) is 0.608. The second kappa shape index (κ2) is 6.54. The molecule has 0 atom stereocenters. The second-order valence-corrected chi connectivity index (χ2v) is 4.70. The summed E-state index contributed by atoms with van der Waals surface area (Å²) in [7, 11) is 0. The zero-order valence-electron chi connectivity index (χ0n) is 9.92. The van der Waals surface area contributed by atoms with E-state index in [4.69, 9.17) is 0 Å². The van der Waals surface area contributed by atoms with Crippen LogP contribution in [0.25, 0.3) is 0 Å². The fourth-order valence-corrected chi connectivity index (χ4v) is 2.18. The number of amides is 1. The van der Waals surface area contributed by atoms with Crippen LogP contribution in [0.2, 0.25) is 0 Å². The molecule has 0 aromatic heterocycles. The first-order chi connectivity index (χ1) is 8.81. The zero-order chi connectivity index (χ0) is 12.8. The summed E-state index contributed by atoms with van der Waals surface area (Å²) in [5.74, 6) is 0.130. The molecule has 0 saturated heterocycles. The van der Waals surface area contributed by atoms with Gasteiger partial charge in [0.25, 0.3) is 0 Å². The van der Waals surface area contributed by atoms with Gasteiger partial charge in [0.05, 0.1) is 11.0 Å². The van der Waals surface area contributed by atoms with E-state index in [1.54, 1.807) is 0 Å². The van der Waals surface area contributed by atoms with Gasteiger partial charge in [-0.1, -0.05) is 71.1 Å². The third-order valence-corrected chi connectivity index (χ3v) is 3.32. The van der Waals surface area contributed by atoms with Crippen LogP contribution in [0.5, 0.6) is 0 Å². The molecule has 3 heteroatoms. The summed E-state index contributed by atoms with van der Waals surface area (Å²) in [5.41, 5.74) is 2.09. The molecule has 0 N–H and O–H groups in total. The summed E-state index contributed by atoms with van der Waals surface area (Å²) < 4.78 is 0.486. The number of carbonyl (C=O) groups excluding carboxylic acids is 1. The summed E-state index contributed by atoms with van der Waals surface area (Å²) in [6.45, 7) is 0.618. The van der Waals surface area contributed by atoms with E-state index in [-0.39, 0.29) is 5.91 Å². The lowest BCUT2D eigenvalue weighted by Gasteiger charge is -2.22. The van der Waals surface area contributed by atoms with Crippen molar-refractivity contribution in [3.05, 3.63) is 66.2 Å². The van der Waals surface area contributed by atoms with Crippen LogP contribution in [0.1, 0.15) is 5.56 Å². The number of alkyl halides is 1. The molecular weight excluding hydrogens is 337 g/mol. The summed E-state index contributed by atoms with van der Waals surface area (Å²) >= 11 is 2.11. The average molecular weight is 351 g/mol. The lowest BCUT2D eigenvalue weighted by Crippen LogP contribution is -2.31. The van der Waals surface area contributed by atoms with Crippen LogP contribution in [0.4, 0.5) is 5.69 Å². The van der Waals surface area contributed by atoms with Crippen molar-refractivity contribution in [2.24, 2.45) is 0 Å². The van der Waals surface area contributed by atoms with Crippen molar-refractivity contribution in [1.82, 2.24) is 0 Å². The lowest BCUT2D eigenvalue weighted by molar-refractivity contribution is -0.116. The Morgan fingerprint density at radius 3 is 2.06 bits per heavy atom. The van der Waals surface area contributed by atoms with Crippen molar-refractivity contribution in [3.8, 4) is 0 Å². The van der Waals surface area contributed by atoms with E-state index < -0.39 is 0 Å². The van der Waals surface area contributed by atoms with Gasteiger partial charge < -0.3 is 4.90 Å². The number of halogens is 1. The summed E-state index contributed by atoms with van der Waals surface area (Å²) in [4.78, 5) is 13.9. The molecule has 0 aliphatic rings. The molecule has 2 rings (SSSR count). The topological polar surface area (TPSA) is 20.3 Å². The minimum Gasteiger partial charge on any atom is -0.307 e. The maximum absolute atomic E-state index is 12.0. The first kappa shape index (κ1) is 13.1. The first-order valence-corrected chi connectivity index (χ1v) is 7.29. The highest BCUT2D eigenvalue weighted by atomic mass is 127.